The zero-order valence-electron chi connectivity index (χ0n) is 20.6. The number of ether oxygens (including phenoxy) is 1. The van der Waals surface area contributed by atoms with Gasteiger partial charge in [-0.05, 0) is 37.3 Å². The summed E-state index contributed by atoms with van der Waals surface area (Å²) < 4.78 is 7.68. The Morgan fingerprint density at radius 1 is 1.16 bits per heavy atom. The van der Waals surface area contributed by atoms with Gasteiger partial charge in [0.05, 0.1) is 30.1 Å². The molecule has 37 heavy (non-hydrogen) atoms. The molecule has 1 aliphatic carbocycles. The maximum atomic E-state index is 12.7. The number of carbonyl (C=O) groups is 3. The Balaban J connectivity index is 0.000000416. The van der Waals surface area contributed by atoms with Gasteiger partial charge >= 0.3 is 17.9 Å². The third-order valence-electron chi connectivity index (χ3n) is 6.19. The molecule has 3 atom stereocenters. The van der Waals surface area contributed by atoms with Crippen molar-refractivity contribution in [2.45, 2.75) is 50.8 Å². The van der Waals surface area contributed by atoms with Crippen LogP contribution in [0.1, 0.15) is 49.0 Å². The molecular formula is C24H33N3O10. The van der Waals surface area contributed by atoms with Gasteiger partial charge in [-0.15, -0.1) is 0 Å². The highest BCUT2D eigenvalue weighted by atomic mass is 16.5. The van der Waals surface area contributed by atoms with E-state index in [1.54, 1.807) is 13.2 Å². The Morgan fingerprint density at radius 3 is 2.27 bits per heavy atom. The number of benzene rings is 1. The summed E-state index contributed by atoms with van der Waals surface area (Å²) in [7, 11) is 1.60. The van der Waals surface area contributed by atoms with E-state index in [1.165, 1.54) is 6.20 Å². The van der Waals surface area contributed by atoms with Crippen LogP contribution >= 0.6 is 0 Å². The van der Waals surface area contributed by atoms with Gasteiger partial charge in [0.15, 0.2) is 11.9 Å². The van der Waals surface area contributed by atoms with E-state index in [-0.39, 0.29) is 23.1 Å². The Kier molecular flexibility index (Phi) is 9.61. The van der Waals surface area contributed by atoms with Crippen LogP contribution in [0, 0.1) is 5.92 Å². The second-order valence-electron chi connectivity index (χ2n) is 9.29. The van der Waals surface area contributed by atoms with Crippen molar-refractivity contribution in [3.05, 3.63) is 34.1 Å². The summed E-state index contributed by atoms with van der Waals surface area (Å²) >= 11 is 0. The van der Waals surface area contributed by atoms with Crippen molar-refractivity contribution < 1.29 is 45.0 Å². The lowest BCUT2D eigenvalue weighted by Gasteiger charge is -2.37. The summed E-state index contributed by atoms with van der Waals surface area (Å²) in [6, 6.07) is 3.88. The number of carboxylic acids is 3. The number of aromatic nitrogens is 1. The first kappa shape index (κ1) is 29.5. The van der Waals surface area contributed by atoms with Crippen LogP contribution in [0.3, 0.4) is 0 Å². The van der Waals surface area contributed by atoms with Crippen molar-refractivity contribution in [3.63, 3.8) is 0 Å². The maximum Gasteiger partial charge on any atom is 0.341 e. The number of fused-ring (bicyclic) bond motifs is 1. The number of piperidine rings is 1. The molecule has 4 rings (SSSR count). The molecule has 1 saturated carbocycles. The van der Waals surface area contributed by atoms with Crippen LogP contribution in [0.5, 0.6) is 5.75 Å². The summed E-state index contributed by atoms with van der Waals surface area (Å²) in [5.74, 6) is -2.96. The van der Waals surface area contributed by atoms with Gasteiger partial charge in [0.1, 0.15) is 5.56 Å². The first-order chi connectivity index (χ1) is 16.9. The number of aliphatic hydroxyl groups excluding tert-OH is 1. The minimum Gasteiger partial charge on any atom is -0.492 e. The number of aliphatic hydroxyl groups is 1. The predicted molar refractivity (Wildman–Crippen MR) is 133 cm³/mol. The van der Waals surface area contributed by atoms with Crippen LogP contribution in [-0.4, -0.2) is 80.7 Å². The number of pyridine rings is 1. The number of hydrogen-bond donors (Lipinski definition) is 5. The summed E-state index contributed by atoms with van der Waals surface area (Å²) in [6.45, 7) is 3.78. The number of aliphatic carboxylic acids is 2. The summed E-state index contributed by atoms with van der Waals surface area (Å²) in [5.41, 5.74) is 7.14. The van der Waals surface area contributed by atoms with E-state index in [2.05, 4.69) is 11.8 Å². The normalized spacial score (nSPS) is 19.7. The molecule has 1 saturated heterocycles. The molecule has 204 valence electrons. The molecule has 2 heterocycles. The van der Waals surface area contributed by atoms with E-state index < -0.39 is 35.9 Å². The number of carboxylic acid groups (broad SMARTS) is 3. The molecule has 0 spiro atoms. The van der Waals surface area contributed by atoms with E-state index in [0.29, 0.717) is 22.6 Å². The molecule has 2 fully saturated rings. The Hall–Kier alpha value is -3.68. The molecule has 1 aromatic heterocycles. The van der Waals surface area contributed by atoms with Crippen LogP contribution in [0.25, 0.3) is 10.9 Å². The highest BCUT2D eigenvalue weighted by Gasteiger charge is 2.31. The summed E-state index contributed by atoms with van der Waals surface area (Å²) in [5, 5.41) is 34.0. The molecule has 8 N–H and O–H groups in total. The number of nitrogens with zero attached hydrogens (tertiary/aromatic N) is 2. The lowest BCUT2D eigenvalue weighted by molar-refractivity contribution is -0.152. The van der Waals surface area contributed by atoms with E-state index in [9.17, 15) is 24.3 Å². The topological polar surface area (TPSA) is 224 Å². The zero-order valence-corrected chi connectivity index (χ0v) is 20.6. The van der Waals surface area contributed by atoms with E-state index in [1.807, 2.05) is 10.6 Å². The fourth-order valence-corrected chi connectivity index (χ4v) is 4.50. The summed E-state index contributed by atoms with van der Waals surface area (Å²) in [6.07, 6.45) is 1.85. The summed E-state index contributed by atoms with van der Waals surface area (Å²) in [4.78, 5) is 45.9. The smallest absolute Gasteiger partial charge is 0.341 e. The first-order valence-corrected chi connectivity index (χ1v) is 11.6. The number of hydrogen-bond acceptors (Lipinski definition) is 8. The fraction of sp³-hybridized carbons (Fsp3) is 0.500. The Morgan fingerprint density at radius 2 is 1.81 bits per heavy atom. The lowest BCUT2D eigenvalue weighted by Crippen LogP contribution is -2.46. The number of aromatic carboxylic acids is 1. The largest absolute Gasteiger partial charge is 0.492 e. The average Bonchev–Trinajstić information content (AvgIpc) is 3.63. The minimum absolute atomic E-state index is 0. The average molecular weight is 524 g/mol. The van der Waals surface area contributed by atoms with E-state index in [0.717, 1.165) is 38.0 Å². The fourth-order valence-electron chi connectivity index (χ4n) is 4.50. The van der Waals surface area contributed by atoms with Crippen LogP contribution < -0.4 is 20.8 Å². The second kappa shape index (κ2) is 12.0. The monoisotopic (exact) mass is 523 g/mol. The van der Waals surface area contributed by atoms with Crippen LogP contribution in [-0.2, 0) is 9.59 Å². The molecule has 13 heteroatoms. The van der Waals surface area contributed by atoms with Gasteiger partial charge in [-0.2, -0.15) is 0 Å². The van der Waals surface area contributed by atoms with E-state index in [4.69, 9.17) is 25.8 Å². The number of methoxy groups -OCH3 is 1. The molecule has 1 aliphatic heterocycles. The highest BCUT2D eigenvalue weighted by Crippen LogP contribution is 2.43. The molecule has 13 nitrogen and oxygen atoms in total. The SMILES string of the molecule is COc1c(N2C[C@@H](C)C[C@H](N)C2)ccc2c(=O)c(C(=O)O)cn(C3CC3)c12.O.O=C(O)CC(O)C(=O)O. The highest BCUT2D eigenvalue weighted by molar-refractivity contribution is 5.97. The van der Waals surface area contributed by atoms with Crippen LogP contribution in [0.2, 0.25) is 0 Å². The number of rotatable bonds is 7. The molecule has 0 radical (unpaired) electrons. The first-order valence-electron chi connectivity index (χ1n) is 11.6. The van der Waals surface area contributed by atoms with Crippen molar-refractivity contribution >= 4 is 34.5 Å². The van der Waals surface area contributed by atoms with Crippen LogP contribution in [0.15, 0.2) is 23.1 Å². The maximum absolute atomic E-state index is 12.7. The van der Waals surface area contributed by atoms with Crippen molar-refractivity contribution in [2.75, 3.05) is 25.1 Å². The van der Waals surface area contributed by atoms with Gasteiger partial charge < -0.3 is 45.8 Å². The zero-order chi connectivity index (χ0) is 26.7. The van der Waals surface area contributed by atoms with Gasteiger partial charge in [-0.25, -0.2) is 9.59 Å². The van der Waals surface area contributed by atoms with Crippen molar-refractivity contribution in [1.82, 2.24) is 4.57 Å². The van der Waals surface area contributed by atoms with Crippen LogP contribution in [0.4, 0.5) is 5.69 Å². The van der Waals surface area contributed by atoms with Gasteiger partial charge in [0.25, 0.3) is 0 Å². The molecule has 2 aromatic rings. The van der Waals surface area contributed by atoms with Gasteiger partial charge in [0, 0.05) is 31.4 Å². The number of anilines is 1. The molecule has 1 aromatic carbocycles. The quantitative estimate of drug-likeness (QED) is 0.332. The van der Waals surface area contributed by atoms with E-state index >= 15 is 0 Å². The predicted octanol–water partition coefficient (Wildman–Crippen LogP) is 0.299. The Labute approximate surface area is 212 Å². The third kappa shape index (κ3) is 6.76. The van der Waals surface area contributed by atoms with Gasteiger partial charge in [-0.1, -0.05) is 6.92 Å². The number of nitrogens with two attached hydrogens (primary N) is 1. The molecule has 0 bridgehead atoms. The minimum atomic E-state index is -1.79. The molecule has 1 unspecified atom stereocenters. The van der Waals surface area contributed by atoms with Crippen molar-refractivity contribution in [2.24, 2.45) is 11.7 Å². The third-order valence-corrected chi connectivity index (χ3v) is 6.19. The molecular weight excluding hydrogens is 490 g/mol. The Bertz CT molecular complexity index is 1210. The van der Waals surface area contributed by atoms with Gasteiger partial charge in [-0.3, -0.25) is 9.59 Å². The van der Waals surface area contributed by atoms with Crippen molar-refractivity contribution in [1.29, 1.82) is 0 Å². The second-order valence-corrected chi connectivity index (χ2v) is 9.29. The lowest BCUT2D eigenvalue weighted by atomic mass is 9.95. The molecule has 0 amide bonds. The van der Waals surface area contributed by atoms with Gasteiger partial charge in [0.2, 0.25) is 5.43 Å². The molecule has 2 aliphatic rings. The standard InChI is InChI=1S/C20H25N3O4.C4H6O5.H2O/c1-11-7-12(21)9-22(8-11)16-6-5-14-17(19(16)27-2)23(13-3-4-13)10-15(18(14)24)20(25)26;5-2(4(8)9)1-3(6)7;/h5-6,10-13H,3-4,7-9,21H2,1-2H3,(H,25,26);2,5H,1H2,(H,6,7)(H,8,9);1H2/t11-,12-;;/m0../s1. The van der Waals surface area contributed by atoms with Crippen molar-refractivity contribution in [3.8, 4) is 5.75 Å².